The van der Waals surface area contributed by atoms with Gasteiger partial charge in [0.1, 0.15) is 5.75 Å². The maximum absolute atomic E-state index is 5.99. The van der Waals surface area contributed by atoms with Crippen LogP contribution in [0.5, 0.6) is 5.75 Å². The zero-order chi connectivity index (χ0) is 18.3. The van der Waals surface area contributed by atoms with Crippen molar-refractivity contribution in [2.75, 3.05) is 26.3 Å². The van der Waals surface area contributed by atoms with E-state index in [4.69, 9.17) is 15.2 Å². The summed E-state index contributed by atoms with van der Waals surface area (Å²) < 4.78 is 11.3. The minimum atomic E-state index is -0.0905. The molecule has 0 spiro atoms. The van der Waals surface area contributed by atoms with Crippen molar-refractivity contribution < 1.29 is 9.47 Å². The van der Waals surface area contributed by atoms with Gasteiger partial charge in [0.2, 0.25) is 0 Å². The number of rotatable bonds is 8. The molecular weight excluding hydrogens is 314 g/mol. The Morgan fingerprint density at radius 2 is 2.08 bits per heavy atom. The topological polar surface area (TPSA) is 68.9 Å². The van der Waals surface area contributed by atoms with Gasteiger partial charge >= 0.3 is 0 Å². The van der Waals surface area contributed by atoms with Crippen LogP contribution in [0.3, 0.4) is 0 Å². The lowest BCUT2D eigenvalue weighted by atomic mass is 9.85. The Balaban J connectivity index is 1.85. The fourth-order valence-corrected chi connectivity index (χ4v) is 2.72. The van der Waals surface area contributed by atoms with Crippen molar-refractivity contribution >= 4 is 5.96 Å². The van der Waals surface area contributed by atoms with Crippen LogP contribution < -0.4 is 15.8 Å². The summed E-state index contributed by atoms with van der Waals surface area (Å²) in [6, 6.07) is 8.28. The van der Waals surface area contributed by atoms with E-state index in [9.17, 15) is 0 Å². The Labute approximate surface area is 152 Å². The molecule has 1 atom stereocenters. The van der Waals surface area contributed by atoms with E-state index in [1.807, 2.05) is 12.1 Å². The fraction of sp³-hybridized carbons (Fsp3) is 0.650. The molecule has 140 valence electrons. The van der Waals surface area contributed by atoms with E-state index in [0.717, 1.165) is 38.3 Å². The van der Waals surface area contributed by atoms with Crippen LogP contribution in [0.15, 0.2) is 29.3 Å². The fourth-order valence-electron chi connectivity index (χ4n) is 2.72. The molecule has 0 radical (unpaired) electrons. The smallest absolute Gasteiger partial charge is 0.188 e. The van der Waals surface area contributed by atoms with Gasteiger partial charge in [-0.2, -0.15) is 0 Å². The van der Waals surface area contributed by atoms with Gasteiger partial charge < -0.3 is 20.5 Å². The lowest BCUT2D eigenvalue weighted by Crippen LogP contribution is -2.38. The number of nitrogens with one attached hydrogen (secondary N) is 1. The van der Waals surface area contributed by atoms with Crippen molar-refractivity contribution in [1.29, 1.82) is 0 Å². The van der Waals surface area contributed by atoms with Crippen LogP contribution in [0, 0.1) is 5.92 Å². The van der Waals surface area contributed by atoms with Crippen LogP contribution >= 0.6 is 0 Å². The largest absolute Gasteiger partial charge is 0.493 e. The van der Waals surface area contributed by atoms with Crippen LogP contribution in [-0.2, 0) is 10.2 Å². The molecule has 0 saturated carbocycles. The van der Waals surface area contributed by atoms with Crippen molar-refractivity contribution in [3.05, 3.63) is 29.8 Å². The molecule has 1 heterocycles. The molecule has 0 aliphatic carbocycles. The van der Waals surface area contributed by atoms with Crippen LogP contribution in [0.1, 0.15) is 46.1 Å². The number of benzene rings is 1. The number of aliphatic imine (C=N–C) groups is 1. The molecule has 25 heavy (non-hydrogen) atoms. The van der Waals surface area contributed by atoms with Crippen molar-refractivity contribution in [2.45, 2.75) is 52.1 Å². The molecular formula is C20H33N3O2. The van der Waals surface area contributed by atoms with Crippen molar-refractivity contribution in [3.63, 3.8) is 0 Å². The zero-order valence-corrected chi connectivity index (χ0v) is 16.0. The van der Waals surface area contributed by atoms with Gasteiger partial charge in [-0.25, -0.2) is 0 Å². The van der Waals surface area contributed by atoms with Crippen LogP contribution in [-0.4, -0.2) is 38.4 Å². The van der Waals surface area contributed by atoms with E-state index < -0.39 is 0 Å². The average Bonchev–Trinajstić information content (AvgIpc) is 3.10. The second kappa shape index (κ2) is 9.09. The van der Waals surface area contributed by atoms with Gasteiger partial charge in [0.15, 0.2) is 5.96 Å². The van der Waals surface area contributed by atoms with E-state index in [1.54, 1.807) is 0 Å². The Kier molecular flexibility index (Phi) is 7.12. The minimum absolute atomic E-state index is 0.0905. The lowest BCUT2D eigenvalue weighted by Gasteiger charge is -2.24. The SMILES string of the molecule is CC(C)COc1ccc(C(C)(C)CN=C(N)NCC2CCCO2)cc1. The molecule has 5 nitrogen and oxygen atoms in total. The van der Waals surface area contributed by atoms with E-state index in [-0.39, 0.29) is 11.5 Å². The van der Waals surface area contributed by atoms with Gasteiger partial charge in [-0.05, 0) is 36.5 Å². The molecule has 1 fully saturated rings. The molecule has 1 saturated heterocycles. The van der Waals surface area contributed by atoms with Crippen molar-refractivity contribution in [1.82, 2.24) is 5.32 Å². The highest BCUT2D eigenvalue weighted by Gasteiger charge is 2.21. The molecule has 1 aliphatic rings. The van der Waals surface area contributed by atoms with Gasteiger partial charge in [0, 0.05) is 18.6 Å². The van der Waals surface area contributed by atoms with Crippen LogP contribution in [0.4, 0.5) is 0 Å². The highest BCUT2D eigenvalue weighted by molar-refractivity contribution is 5.77. The summed E-state index contributed by atoms with van der Waals surface area (Å²) in [5.74, 6) is 1.92. The molecule has 0 aromatic heterocycles. The summed E-state index contributed by atoms with van der Waals surface area (Å²) in [4.78, 5) is 4.51. The van der Waals surface area contributed by atoms with E-state index in [0.29, 0.717) is 18.4 Å². The summed E-state index contributed by atoms with van der Waals surface area (Å²) in [5.41, 5.74) is 7.12. The van der Waals surface area contributed by atoms with Crippen LogP contribution in [0.25, 0.3) is 0 Å². The first-order valence-corrected chi connectivity index (χ1v) is 9.25. The third-order valence-electron chi connectivity index (χ3n) is 4.40. The van der Waals surface area contributed by atoms with Gasteiger partial charge in [0.05, 0.1) is 19.3 Å². The molecule has 0 amide bonds. The van der Waals surface area contributed by atoms with E-state index in [2.05, 4.69) is 50.1 Å². The number of guanidine groups is 1. The number of nitrogens with zero attached hydrogens (tertiary/aromatic N) is 1. The monoisotopic (exact) mass is 347 g/mol. The van der Waals surface area contributed by atoms with Crippen molar-refractivity contribution in [2.24, 2.45) is 16.6 Å². The predicted molar refractivity (Wildman–Crippen MR) is 103 cm³/mol. The third kappa shape index (κ3) is 6.58. The highest BCUT2D eigenvalue weighted by Crippen LogP contribution is 2.25. The maximum atomic E-state index is 5.99. The average molecular weight is 348 g/mol. The van der Waals surface area contributed by atoms with Gasteiger partial charge in [-0.15, -0.1) is 0 Å². The first-order valence-electron chi connectivity index (χ1n) is 9.25. The third-order valence-corrected chi connectivity index (χ3v) is 4.40. The van der Waals surface area contributed by atoms with Gasteiger partial charge in [-0.1, -0.05) is 39.8 Å². The standard InChI is InChI=1S/C20H33N3O2/c1-15(2)13-25-17-9-7-16(8-10-17)20(3,4)14-23-19(21)22-12-18-6-5-11-24-18/h7-10,15,18H,5-6,11-14H2,1-4H3,(H3,21,22,23). The second-order valence-electron chi connectivity index (χ2n) is 7.83. The second-order valence-corrected chi connectivity index (χ2v) is 7.83. The molecule has 1 unspecified atom stereocenters. The van der Waals surface area contributed by atoms with Gasteiger partial charge in [-0.3, -0.25) is 4.99 Å². The Bertz CT molecular complexity index is 547. The molecule has 0 bridgehead atoms. The predicted octanol–water partition coefficient (Wildman–Crippen LogP) is 3.08. The molecule has 2 rings (SSSR count). The first-order chi connectivity index (χ1) is 11.9. The molecule has 5 heteroatoms. The van der Waals surface area contributed by atoms with E-state index in [1.165, 1.54) is 5.56 Å². The normalized spacial score (nSPS) is 18.6. The Morgan fingerprint density at radius 1 is 1.36 bits per heavy atom. The summed E-state index contributed by atoms with van der Waals surface area (Å²) in [6.45, 7) is 11.6. The number of ether oxygens (including phenoxy) is 2. The number of hydrogen-bond donors (Lipinski definition) is 2. The Hall–Kier alpha value is -1.75. The zero-order valence-electron chi connectivity index (χ0n) is 16.0. The summed E-state index contributed by atoms with van der Waals surface area (Å²) in [7, 11) is 0. The summed E-state index contributed by atoms with van der Waals surface area (Å²) in [6.07, 6.45) is 2.49. The minimum Gasteiger partial charge on any atom is -0.493 e. The maximum Gasteiger partial charge on any atom is 0.188 e. The van der Waals surface area contributed by atoms with Crippen molar-refractivity contribution in [3.8, 4) is 5.75 Å². The molecule has 1 aromatic rings. The van der Waals surface area contributed by atoms with Crippen LogP contribution in [0.2, 0.25) is 0 Å². The highest BCUT2D eigenvalue weighted by atomic mass is 16.5. The first kappa shape index (κ1) is 19.6. The summed E-state index contributed by atoms with van der Waals surface area (Å²) in [5, 5.41) is 3.17. The van der Waals surface area contributed by atoms with E-state index >= 15 is 0 Å². The molecule has 1 aromatic carbocycles. The Morgan fingerprint density at radius 3 is 2.68 bits per heavy atom. The quantitative estimate of drug-likeness (QED) is 0.560. The number of nitrogens with two attached hydrogens (primary N) is 1. The lowest BCUT2D eigenvalue weighted by molar-refractivity contribution is 0.114. The summed E-state index contributed by atoms with van der Waals surface area (Å²) >= 11 is 0. The molecule has 1 aliphatic heterocycles. The van der Waals surface area contributed by atoms with Gasteiger partial charge in [0.25, 0.3) is 0 Å². The number of hydrogen-bond acceptors (Lipinski definition) is 3. The molecule has 3 N–H and O–H groups in total.